The molecule has 0 fully saturated rings. The molecule has 5 atom stereocenters. The number of benzene rings is 4. The third kappa shape index (κ3) is 18.3. The number of nitrogens with one attached hydrogen (secondary N) is 5. The quantitative estimate of drug-likeness (QED) is 0.0335. The van der Waals surface area contributed by atoms with Crippen molar-refractivity contribution >= 4 is 41.6 Å². The molecular weight excluding hydrogens is 935 g/mol. The summed E-state index contributed by atoms with van der Waals surface area (Å²) in [4.78, 5) is 97.8. The predicted octanol–water partition coefficient (Wildman–Crippen LogP) is 5.56. The fourth-order valence-corrected chi connectivity index (χ4v) is 7.73. The van der Waals surface area contributed by atoms with Gasteiger partial charge in [-0.2, -0.15) is 0 Å². The van der Waals surface area contributed by atoms with Gasteiger partial charge in [0.1, 0.15) is 47.3 Å². The van der Waals surface area contributed by atoms with Crippen LogP contribution in [0, 0.1) is 0 Å². The van der Waals surface area contributed by atoms with Crippen molar-refractivity contribution < 1.29 is 52.5 Å². The highest BCUT2D eigenvalue weighted by atomic mass is 16.6. The molecule has 0 radical (unpaired) electrons. The molecule has 6 amide bonds. The molecule has 0 saturated heterocycles. The highest BCUT2D eigenvalue weighted by Crippen LogP contribution is 2.25. The number of nitrogens with two attached hydrogens (primary N) is 1. The molecule has 0 bridgehead atoms. The first-order valence-corrected chi connectivity index (χ1v) is 24.5. The molecule has 0 heterocycles. The van der Waals surface area contributed by atoms with Gasteiger partial charge < -0.3 is 56.2 Å². The molecule has 0 saturated carbocycles. The van der Waals surface area contributed by atoms with Gasteiger partial charge in [-0.3, -0.25) is 24.0 Å². The summed E-state index contributed by atoms with van der Waals surface area (Å²) in [5, 5.41) is 13.4. The van der Waals surface area contributed by atoms with E-state index in [9.17, 15) is 33.6 Å². The molecule has 0 aromatic heterocycles. The largest absolute Gasteiger partial charge is 0.497 e. The Morgan fingerprint density at radius 2 is 1.21 bits per heavy atom. The van der Waals surface area contributed by atoms with Gasteiger partial charge in [-0.05, 0) is 131 Å². The number of esters is 1. The van der Waals surface area contributed by atoms with Crippen LogP contribution in [0.25, 0.3) is 11.1 Å². The van der Waals surface area contributed by atoms with Gasteiger partial charge in [-0.25, -0.2) is 9.59 Å². The summed E-state index contributed by atoms with van der Waals surface area (Å²) in [6, 6.07) is 22.2. The number of aryl methyl sites for hydroxylation is 1. The van der Waals surface area contributed by atoms with Crippen LogP contribution in [-0.2, 0) is 46.3 Å². The first-order valence-electron chi connectivity index (χ1n) is 24.5. The second-order valence-corrected chi connectivity index (χ2v) is 18.6. The highest BCUT2D eigenvalue weighted by Gasteiger charge is 2.36. The molecule has 4 aromatic carbocycles. The first-order chi connectivity index (χ1) is 34.8. The summed E-state index contributed by atoms with van der Waals surface area (Å²) in [5.41, 5.74) is 9.40. The van der Waals surface area contributed by atoms with Crippen LogP contribution in [0.5, 0.6) is 11.5 Å². The minimum atomic E-state index is -1.43. The van der Waals surface area contributed by atoms with Crippen molar-refractivity contribution in [2.24, 2.45) is 5.73 Å². The summed E-state index contributed by atoms with van der Waals surface area (Å²) >= 11 is 0. The molecule has 394 valence electrons. The van der Waals surface area contributed by atoms with Crippen LogP contribution in [0.4, 0.5) is 4.79 Å². The number of methoxy groups -OCH3 is 3. The molecule has 7 N–H and O–H groups in total. The van der Waals surface area contributed by atoms with E-state index in [0.29, 0.717) is 47.6 Å². The normalized spacial score (nSPS) is 13.1. The van der Waals surface area contributed by atoms with Gasteiger partial charge in [0.2, 0.25) is 23.6 Å². The van der Waals surface area contributed by atoms with Gasteiger partial charge in [-0.15, -0.1) is 0 Å². The monoisotopic (exact) mass is 1010 g/mol. The van der Waals surface area contributed by atoms with Gasteiger partial charge in [0.25, 0.3) is 5.91 Å². The Kier molecular flexibility index (Phi) is 22.7. The van der Waals surface area contributed by atoms with E-state index < -0.39 is 84.0 Å². The van der Waals surface area contributed by atoms with Crippen LogP contribution in [0.3, 0.4) is 0 Å². The Morgan fingerprint density at radius 3 is 1.75 bits per heavy atom. The zero-order chi connectivity index (χ0) is 53.7. The van der Waals surface area contributed by atoms with E-state index >= 15 is 0 Å². The number of amides is 6. The van der Waals surface area contributed by atoms with Gasteiger partial charge in [0, 0.05) is 25.6 Å². The van der Waals surface area contributed by atoms with Gasteiger partial charge in [0.05, 0.1) is 21.3 Å². The first kappa shape index (κ1) is 58.1. The summed E-state index contributed by atoms with van der Waals surface area (Å²) in [6.45, 7) is 8.45. The van der Waals surface area contributed by atoms with E-state index in [1.54, 1.807) is 81.4 Å². The maximum atomic E-state index is 14.7. The summed E-state index contributed by atoms with van der Waals surface area (Å²) in [5.74, 6) is -3.14. The van der Waals surface area contributed by atoms with Crippen LogP contribution in [0.2, 0.25) is 0 Å². The van der Waals surface area contributed by atoms with Gasteiger partial charge in [0.15, 0.2) is 0 Å². The van der Waals surface area contributed by atoms with Crippen molar-refractivity contribution in [1.29, 1.82) is 0 Å². The molecule has 4 aromatic rings. The van der Waals surface area contributed by atoms with Crippen LogP contribution in [0.15, 0.2) is 97.1 Å². The third-order valence-corrected chi connectivity index (χ3v) is 11.9. The number of ether oxygens (including phenoxy) is 4. The van der Waals surface area contributed by atoms with Crippen molar-refractivity contribution in [1.82, 2.24) is 31.5 Å². The van der Waals surface area contributed by atoms with Crippen molar-refractivity contribution in [2.75, 3.05) is 41.5 Å². The predicted molar refractivity (Wildman–Crippen MR) is 278 cm³/mol. The minimum Gasteiger partial charge on any atom is -0.497 e. The van der Waals surface area contributed by atoms with E-state index in [-0.39, 0.29) is 12.8 Å². The lowest BCUT2D eigenvalue weighted by atomic mass is 10.0. The number of hydrogen-bond acceptors (Lipinski definition) is 12. The second-order valence-electron chi connectivity index (χ2n) is 18.6. The standard InChI is InChI=1S/C55H73N7O11/c1-10-11-14-36-16-20-38(21-17-36)39-22-24-41(25-23-39)49(64)57-34-46(61-54(69)73-55(3,4)5)50(65)59-44(15-12-13-32-56)52(67)62(6)47(40-26-30-43(71-8)31-27-40)51(66)58-35(2)48(63)60-45(53(68)72-9)33-37-18-28-42(70-7)29-19-37/h16-31,35,44-47H,10-15,32-34,56H2,1-9H3,(H,57,64)(H,58,66)(H,59,65)(H,60,63)(H,61,69)/t35-,44-,45-,46+,47-/m0/s1. The zero-order valence-corrected chi connectivity index (χ0v) is 43.5. The van der Waals surface area contributed by atoms with E-state index in [0.717, 1.165) is 35.3 Å². The summed E-state index contributed by atoms with van der Waals surface area (Å²) < 4.78 is 21.0. The zero-order valence-electron chi connectivity index (χ0n) is 43.5. The smallest absolute Gasteiger partial charge is 0.408 e. The number of rotatable bonds is 26. The molecule has 0 spiro atoms. The Bertz CT molecular complexity index is 2440. The molecule has 73 heavy (non-hydrogen) atoms. The Hall–Kier alpha value is -7.47. The van der Waals surface area contributed by atoms with Crippen LogP contribution in [-0.4, -0.2) is 118 Å². The highest BCUT2D eigenvalue weighted by molar-refractivity contribution is 5.97. The lowest BCUT2D eigenvalue weighted by Gasteiger charge is -2.32. The molecule has 0 aliphatic rings. The van der Waals surface area contributed by atoms with Crippen molar-refractivity contribution in [3.05, 3.63) is 119 Å². The maximum Gasteiger partial charge on any atom is 0.408 e. The third-order valence-electron chi connectivity index (χ3n) is 11.9. The number of unbranched alkanes of at least 4 members (excludes halogenated alkanes) is 2. The van der Waals surface area contributed by atoms with Crippen LogP contribution in [0.1, 0.15) is 99.8 Å². The van der Waals surface area contributed by atoms with E-state index in [4.69, 9.17) is 24.7 Å². The van der Waals surface area contributed by atoms with Gasteiger partial charge in [-0.1, -0.05) is 74.0 Å². The molecular formula is C55H73N7O11. The summed E-state index contributed by atoms with van der Waals surface area (Å²) in [6.07, 6.45) is 3.30. The molecule has 4 rings (SSSR count). The molecule has 0 aliphatic heterocycles. The molecule has 18 nitrogen and oxygen atoms in total. The number of alkyl carbamates (subject to hydrolysis) is 1. The fraction of sp³-hybridized carbons (Fsp3) is 0.436. The van der Waals surface area contributed by atoms with Crippen molar-refractivity contribution in [3.8, 4) is 22.6 Å². The number of likely N-dealkylation sites (N-methyl/N-ethyl adjacent to an activating group) is 1. The Morgan fingerprint density at radius 1 is 0.644 bits per heavy atom. The number of carbonyl (C=O) groups excluding carboxylic acids is 7. The summed E-state index contributed by atoms with van der Waals surface area (Å²) in [7, 11) is 5.59. The van der Waals surface area contributed by atoms with Crippen LogP contribution >= 0.6 is 0 Å². The topological polar surface area (TPSA) is 246 Å². The fourth-order valence-electron chi connectivity index (χ4n) is 7.73. The molecule has 18 heteroatoms. The lowest BCUT2D eigenvalue weighted by Crippen LogP contribution is -2.58. The Balaban J connectivity index is 1.57. The molecule has 0 aliphatic carbocycles. The lowest BCUT2D eigenvalue weighted by molar-refractivity contribution is -0.145. The average molecular weight is 1010 g/mol. The number of hydrogen-bond donors (Lipinski definition) is 6. The van der Waals surface area contributed by atoms with Gasteiger partial charge >= 0.3 is 12.1 Å². The van der Waals surface area contributed by atoms with E-state index in [1.807, 2.05) is 24.3 Å². The van der Waals surface area contributed by atoms with Crippen molar-refractivity contribution in [3.63, 3.8) is 0 Å². The minimum absolute atomic E-state index is 0.0737. The van der Waals surface area contributed by atoms with Crippen LogP contribution < -0.4 is 41.8 Å². The SMILES string of the molecule is CCCCc1ccc(-c2ccc(C(=O)NC[C@@H](NC(=O)OC(C)(C)C)C(=O)N[C@@H](CCCCN)C(=O)N(C)[C@H](C(=O)N[C@@H](C)C(=O)N[C@@H](Cc3ccc(OC)cc3)C(=O)OC)c3ccc(OC)cc3)cc2)cc1. The Labute approximate surface area is 428 Å². The number of nitrogens with zero attached hydrogens (tertiary/aromatic N) is 1. The van der Waals surface area contributed by atoms with E-state index in [1.165, 1.54) is 40.9 Å². The maximum absolute atomic E-state index is 14.7. The average Bonchev–Trinajstić information content (AvgIpc) is 3.38. The second kappa shape index (κ2) is 28.5. The van der Waals surface area contributed by atoms with E-state index in [2.05, 4.69) is 45.6 Å². The molecule has 0 unspecified atom stereocenters. The number of carbonyl (C=O) groups is 7. The van der Waals surface area contributed by atoms with Crippen molar-refractivity contribution in [2.45, 2.75) is 115 Å².